The van der Waals surface area contributed by atoms with Gasteiger partial charge in [0.15, 0.2) is 5.11 Å². The van der Waals surface area contributed by atoms with Crippen LogP contribution >= 0.6 is 12.2 Å². The first kappa shape index (κ1) is 19.7. The predicted molar refractivity (Wildman–Crippen MR) is 118 cm³/mol. The average Bonchev–Trinajstić information content (AvgIpc) is 2.74. The lowest BCUT2D eigenvalue weighted by atomic mass is 9.92. The molecule has 1 fully saturated rings. The minimum Gasteiger partial charge on any atom is -0.374 e. The van der Waals surface area contributed by atoms with Gasteiger partial charge in [0, 0.05) is 17.8 Å². The molecule has 150 valence electrons. The zero-order chi connectivity index (χ0) is 21.3. The molecule has 2 amide bonds. The van der Waals surface area contributed by atoms with Crippen molar-refractivity contribution in [3.05, 3.63) is 95.9 Å². The number of carbonyl (C=O) groups is 2. The van der Waals surface area contributed by atoms with Crippen molar-refractivity contribution in [3.8, 4) is 0 Å². The molecule has 1 atom stereocenters. The van der Waals surface area contributed by atoms with Gasteiger partial charge < -0.3 is 5.32 Å². The van der Waals surface area contributed by atoms with Crippen LogP contribution in [0.1, 0.15) is 17.2 Å². The molecule has 2 heterocycles. The molecule has 0 spiro atoms. The van der Waals surface area contributed by atoms with E-state index in [2.05, 4.69) is 17.2 Å². The van der Waals surface area contributed by atoms with E-state index in [1.54, 1.807) is 24.3 Å². The van der Waals surface area contributed by atoms with E-state index < -0.39 is 11.8 Å². The third kappa shape index (κ3) is 3.67. The number of halogens is 1. The topological polar surface area (TPSA) is 61.4 Å². The van der Waals surface area contributed by atoms with Crippen molar-refractivity contribution < 1.29 is 14.0 Å². The van der Waals surface area contributed by atoms with Gasteiger partial charge >= 0.3 is 0 Å². The molecule has 0 aromatic heterocycles. The quantitative estimate of drug-likeness (QED) is 0.343. The van der Waals surface area contributed by atoms with Gasteiger partial charge in [-0.1, -0.05) is 36.4 Å². The molecule has 0 aliphatic carbocycles. The molecule has 30 heavy (non-hydrogen) atoms. The molecule has 2 aromatic carbocycles. The number of hydrogen-bond donors (Lipinski definition) is 2. The normalized spacial score (nSPS) is 19.7. The van der Waals surface area contributed by atoms with Gasteiger partial charge in [-0.25, -0.2) is 4.39 Å². The van der Waals surface area contributed by atoms with E-state index >= 15 is 0 Å². The second kappa shape index (κ2) is 8.04. The van der Waals surface area contributed by atoms with E-state index in [0.29, 0.717) is 5.57 Å². The summed E-state index contributed by atoms with van der Waals surface area (Å²) in [5.74, 6) is -1.33. The summed E-state index contributed by atoms with van der Waals surface area (Å²) in [6.45, 7) is 3.83. The lowest BCUT2D eigenvalue weighted by molar-refractivity contribution is -0.128. The summed E-state index contributed by atoms with van der Waals surface area (Å²) >= 11 is 5.10. The van der Waals surface area contributed by atoms with Crippen molar-refractivity contribution in [2.45, 2.75) is 6.04 Å². The molecular formula is C23H18FN3O2S. The van der Waals surface area contributed by atoms with E-state index in [9.17, 15) is 14.0 Å². The third-order valence-electron chi connectivity index (χ3n) is 4.92. The van der Waals surface area contributed by atoms with Crippen LogP contribution < -0.4 is 10.6 Å². The number of thiocarbonyl (C=S) groups is 1. The molecule has 0 saturated carbocycles. The number of amides is 2. The van der Waals surface area contributed by atoms with Crippen molar-refractivity contribution in [1.29, 1.82) is 0 Å². The Labute approximate surface area is 178 Å². The lowest BCUT2D eigenvalue weighted by Crippen LogP contribution is -2.54. The molecule has 1 saturated heterocycles. The Balaban J connectivity index is 1.78. The molecule has 5 nitrogen and oxygen atoms in total. The Morgan fingerprint density at radius 1 is 1.13 bits per heavy atom. The molecule has 2 aromatic rings. The standard InChI is InChI=1S/C23H18FN3O2S/c1-2-11-27-22(29)18(21(28)26-23(27)30)12-15-13-20(14-7-9-16(24)10-8-14)25-19-6-4-3-5-17(15)19/h2-10,12-13,20,25H,1,11H2,(H,26,28,30)/b18-12+. The van der Waals surface area contributed by atoms with Gasteiger partial charge in [-0.2, -0.15) is 0 Å². The molecule has 4 rings (SSSR count). The van der Waals surface area contributed by atoms with Crippen LogP contribution in [0.4, 0.5) is 10.1 Å². The molecule has 0 radical (unpaired) electrons. The van der Waals surface area contributed by atoms with Gasteiger partial charge in [0.1, 0.15) is 11.4 Å². The van der Waals surface area contributed by atoms with E-state index in [1.165, 1.54) is 17.0 Å². The zero-order valence-electron chi connectivity index (χ0n) is 15.9. The van der Waals surface area contributed by atoms with Crippen LogP contribution in [0.5, 0.6) is 0 Å². The summed E-state index contributed by atoms with van der Waals surface area (Å²) in [4.78, 5) is 26.7. The van der Waals surface area contributed by atoms with Crippen molar-refractivity contribution >= 4 is 40.4 Å². The van der Waals surface area contributed by atoms with Crippen LogP contribution in [0.2, 0.25) is 0 Å². The zero-order valence-corrected chi connectivity index (χ0v) is 16.7. The Kier molecular flexibility index (Phi) is 5.29. The summed E-state index contributed by atoms with van der Waals surface area (Å²) in [5, 5.41) is 6.02. The number of allylic oxidation sites excluding steroid dienone is 2. The van der Waals surface area contributed by atoms with Crippen LogP contribution in [-0.4, -0.2) is 28.4 Å². The van der Waals surface area contributed by atoms with Crippen molar-refractivity contribution in [3.63, 3.8) is 0 Å². The summed E-state index contributed by atoms with van der Waals surface area (Å²) < 4.78 is 13.3. The summed E-state index contributed by atoms with van der Waals surface area (Å²) in [6.07, 6.45) is 5.03. The van der Waals surface area contributed by atoms with E-state index in [1.807, 2.05) is 30.3 Å². The van der Waals surface area contributed by atoms with E-state index in [0.717, 1.165) is 16.8 Å². The summed E-state index contributed by atoms with van der Waals surface area (Å²) in [6, 6.07) is 13.5. The molecule has 2 aliphatic heterocycles. The average molecular weight is 419 g/mol. The lowest BCUT2D eigenvalue weighted by Gasteiger charge is -2.29. The Hall–Kier alpha value is -3.58. The van der Waals surface area contributed by atoms with E-state index in [4.69, 9.17) is 12.2 Å². The summed E-state index contributed by atoms with van der Waals surface area (Å²) in [7, 11) is 0. The summed E-state index contributed by atoms with van der Waals surface area (Å²) in [5.41, 5.74) is 3.26. The van der Waals surface area contributed by atoms with Gasteiger partial charge in [-0.05, 0) is 53.7 Å². The molecule has 2 N–H and O–H groups in total. The maximum absolute atomic E-state index is 13.3. The molecule has 7 heteroatoms. The van der Waals surface area contributed by atoms with Gasteiger partial charge in [0.25, 0.3) is 11.8 Å². The maximum atomic E-state index is 13.3. The highest BCUT2D eigenvalue weighted by Crippen LogP contribution is 2.36. The number of nitrogens with zero attached hydrogens (tertiary/aromatic N) is 1. The molecule has 0 bridgehead atoms. The van der Waals surface area contributed by atoms with Crippen molar-refractivity contribution in [2.24, 2.45) is 0 Å². The Morgan fingerprint density at radius 3 is 2.60 bits per heavy atom. The maximum Gasteiger partial charge on any atom is 0.265 e. The van der Waals surface area contributed by atoms with Gasteiger partial charge in [0.05, 0.1) is 6.04 Å². The molecule has 2 aliphatic rings. The van der Waals surface area contributed by atoms with Gasteiger partial charge in [-0.3, -0.25) is 19.8 Å². The smallest absolute Gasteiger partial charge is 0.265 e. The fourth-order valence-electron chi connectivity index (χ4n) is 3.46. The number of fused-ring (bicyclic) bond motifs is 1. The first-order chi connectivity index (χ1) is 14.5. The predicted octanol–water partition coefficient (Wildman–Crippen LogP) is 3.73. The number of nitrogens with one attached hydrogen (secondary N) is 2. The Bertz CT molecular complexity index is 1120. The van der Waals surface area contributed by atoms with Crippen LogP contribution in [-0.2, 0) is 9.59 Å². The minimum atomic E-state index is -0.541. The Morgan fingerprint density at radius 2 is 1.87 bits per heavy atom. The number of benzene rings is 2. The van der Waals surface area contributed by atoms with Crippen LogP contribution in [0.3, 0.4) is 0 Å². The number of rotatable bonds is 4. The fraction of sp³-hybridized carbons (Fsp3) is 0.0870. The highest BCUT2D eigenvalue weighted by molar-refractivity contribution is 7.80. The number of para-hydroxylation sites is 1. The van der Waals surface area contributed by atoms with Gasteiger partial charge in [0.2, 0.25) is 0 Å². The van der Waals surface area contributed by atoms with Crippen LogP contribution in [0.15, 0.2) is 78.9 Å². The highest BCUT2D eigenvalue weighted by atomic mass is 32.1. The highest BCUT2D eigenvalue weighted by Gasteiger charge is 2.33. The second-order valence-electron chi connectivity index (χ2n) is 6.86. The minimum absolute atomic E-state index is 0.00809. The van der Waals surface area contributed by atoms with Crippen LogP contribution in [0.25, 0.3) is 5.57 Å². The number of carbonyl (C=O) groups excluding carboxylic acids is 2. The second-order valence-corrected chi connectivity index (χ2v) is 7.25. The van der Waals surface area contributed by atoms with Crippen molar-refractivity contribution in [1.82, 2.24) is 10.2 Å². The van der Waals surface area contributed by atoms with Gasteiger partial charge in [-0.15, -0.1) is 6.58 Å². The van der Waals surface area contributed by atoms with Crippen molar-refractivity contribution in [2.75, 3.05) is 11.9 Å². The monoisotopic (exact) mass is 419 g/mol. The third-order valence-corrected chi connectivity index (χ3v) is 5.24. The fourth-order valence-corrected chi connectivity index (χ4v) is 3.71. The largest absolute Gasteiger partial charge is 0.374 e. The number of anilines is 1. The first-order valence-electron chi connectivity index (χ1n) is 9.31. The molecule has 1 unspecified atom stereocenters. The molecular weight excluding hydrogens is 401 g/mol. The first-order valence-corrected chi connectivity index (χ1v) is 9.71. The van der Waals surface area contributed by atoms with E-state index in [-0.39, 0.29) is 29.1 Å². The SMILES string of the molecule is C=CCN1C(=O)/C(=C/C2=CC(c3ccc(F)cc3)Nc3ccccc32)C(=O)NC1=S. The number of hydrogen-bond acceptors (Lipinski definition) is 4. The van der Waals surface area contributed by atoms with Crippen LogP contribution in [0, 0.1) is 5.82 Å².